The second-order valence-corrected chi connectivity index (χ2v) is 8.27. The van der Waals surface area contributed by atoms with E-state index >= 15 is 0 Å². The molecule has 0 radical (unpaired) electrons. The lowest BCUT2D eigenvalue weighted by Gasteiger charge is -2.21. The first-order chi connectivity index (χ1) is 14.0. The first-order valence-corrected chi connectivity index (χ1v) is 10.8. The molecule has 3 rings (SSSR count). The molecule has 1 saturated carbocycles. The van der Waals surface area contributed by atoms with Crippen LogP contribution < -0.4 is 15.5 Å². The van der Waals surface area contributed by atoms with Crippen molar-refractivity contribution in [2.24, 2.45) is 10.9 Å². The summed E-state index contributed by atoms with van der Waals surface area (Å²) in [5.74, 6) is 1.03. The van der Waals surface area contributed by atoms with Crippen LogP contribution >= 0.6 is 0 Å². The number of aliphatic imine (C=N–C) groups is 1. The normalized spacial score (nSPS) is 20.2. The summed E-state index contributed by atoms with van der Waals surface area (Å²) in [7, 11) is 3.65. The number of nitrogens with zero attached hydrogens (tertiary/aromatic N) is 3. The Morgan fingerprint density at radius 1 is 1.28 bits per heavy atom. The van der Waals surface area contributed by atoms with Crippen LogP contribution in [0.1, 0.15) is 44.6 Å². The van der Waals surface area contributed by atoms with E-state index in [1.54, 1.807) is 17.0 Å². The number of nitrogens with one attached hydrogen (secondary N) is 2. The van der Waals surface area contributed by atoms with E-state index in [-0.39, 0.29) is 17.8 Å². The molecule has 0 aromatic heterocycles. The molecule has 1 aliphatic heterocycles. The number of guanidine groups is 1. The Morgan fingerprint density at radius 2 is 2.03 bits per heavy atom. The van der Waals surface area contributed by atoms with Crippen LogP contribution in [0.3, 0.4) is 0 Å². The van der Waals surface area contributed by atoms with Crippen molar-refractivity contribution >= 4 is 17.6 Å². The van der Waals surface area contributed by atoms with E-state index in [0.29, 0.717) is 24.1 Å². The molecule has 6 nitrogen and oxygen atoms in total. The highest BCUT2D eigenvalue weighted by Gasteiger charge is 2.32. The van der Waals surface area contributed by atoms with Crippen molar-refractivity contribution in [2.45, 2.75) is 51.6 Å². The molecular formula is C22H34FN5O. The van der Waals surface area contributed by atoms with E-state index in [0.717, 1.165) is 44.5 Å². The SMILES string of the molecule is CCNC(=NCc1ccc(N(C)C)c(F)c1)NC1CCN(C(=O)C2CCCC2)C1. The second-order valence-electron chi connectivity index (χ2n) is 8.27. The van der Waals surface area contributed by atoms with Gasteiger partial charge in [-0.25, -0.2) is 9.38 Å². The van der Waals surface area contributed by atoms with Crippen molar-refractivity contribution in [1.82, 2.24) is 15.5 Å². The number of halogens is 1. The highest BCUT2D eigenvalue weighted by atomic mass is 19.1. The molecule has 1 aliphatic carbocycles. The molecule has 1 atom stereocenters. The molecule has 0 bridgehead atoms. The van der Waals surface area contributed by atoms with Crippen molar-refractivity contribution in [2.75, 3.05) is 38.6 Å². The average Bonchev–Trinajstić information content (AvgIpc) is 3.38. The molecule has 0 spiro atoms. The van der Waals surface area contributed by atoms with Gasteiger partial charge < -0.3 is 20.4 Å². The number of hydrogen-bond donors (Lipinski definition) is 2. The summed E-state index contributed by atoms with van der Waals surface area (Å²) in [5, 5.41) is 6.71. The van der Waals surface area contributed by atoms with Crippen LogP contribution in [0.4, 0.5) is 10.1 Å². The lowest BCUT2D eigenvalue weighted by molar-refractivity contribution is -0.134. The van der Waals surface area contributed by atoms with Gasteiger partial charge in [-0.2, -0.15) is 0 Å². The summed E-state index contributed by atoms with van der Waals surface area (Å²) >= 11 is 0. The van der Waals surface area contributed by atoms with Crippen LogP contribution in [0.5, 0.6) is 0 Å². The van der Waals surface area contributed by atoms with Gasteiger partial charge in [0.1, 0.15) is 5.82 Å². The van der Waals surface area contributed by atoms with Gasteiger partial charge >= 0.3 is 0 Å². The van der Waals surface area contributed by atoms with Gasteiger partial charge in [-0.1, -0.05) is 18.9 Å². The number of anilines is 1. The molecule has 2 fully saturated rings. The maximum atomic E-state index is 14.2. The van der Waals surface area contributed by atoms with Crippen molar-refractivity contribution in [3.05, 3.63) is 29.6 Å². The summed E-state index contributed by atoms with van der Waals surface area (Å²) in [4.78, 5) is 21.0. The Bertz CT molecular complexity index is 730. The van der Waals surface area contributed by atoms with Crippen LogP contribution in [0.2, 0.25) is 0 Å². The summed E-state index contributed by atoms with van der Waals surface area (Å²) in [5.41, 5.74) is 1.40. The molecule has 1 unspecified atom stereocenters. The fourth-order valence-corrected chi connectivity index (χ4v) is 4.20. The van der Waals surface area contributed by atoms with E-state index in [4.69, 9.17) is 0 Å². The molecule has 1 aromatic carbocycles. The maximum Gasteiger partial charge on any atom is 0.225 e. The third-order valence-electron chi connectivity index (χ3n) is 5.80. The molecule has 160 valence electrons. The fourth-order valence-electron chi connectivity index (χ4n) is 4.20. The third kappa shape index (κ3) is 5.61. The highest BCUT2D eigenvalue weighted by molar-refractivity contribution is 5.81. The van der Waals surface area contributed by atoms with Gasteiger partial charge in [0.2, 0.25) is 5.91 Å². The van der Waals surface area contributed by atoms with Gasteiger partial charge in [0.15, 0.2) is 5.96 Å². The first-order valence-electron chi connectivity index (χ1n) is 10.8. The summed E-state index contributed by atoms with van der Waals surface area (Å²) in [6, 6.07) is 5.43. The Labute approximate surface area is 173 Å². The number of amides is 1. The first kappa shape index (κ1) is 21.4. The highest BCUT2D eigenvalue weighted by Crippen LogP contribution is 2.27. The zero-order valence-electron chi connectivity index (χ0n) is 17.9. The van der Waals surface area contributed by atoms with Crippen molar-refractivity contribution in [1.29, 1.82) is 0 Å². The number of benzene rings is 1. The molecule has 1 heterocycles. The number of likely N-dealkylation sites (tertiary alicyclic amines) is 1. The molecule has 2 aliphatic rings. The summed E-state index contributed by atoms with van der Waals surface area (Å²) in [6.07, 6.45) is 5.37. The van der Waals surface area contributed by atoms with E-state index in [1.807, 2.05) is 32.0 Å². The largest absolute Gasteiger partial charge is 0.375 e. The molecule has 1 aromatic rings. The van der Waals surface area contributed by atoms with Crippen LogP contribution in [-0.2, 0) is 11.3 Å². The van der Waals surface area contributed by atoms with Gasteiger partial charge in [0.25, 0.3) is 0 Å². The maximum absolute atomic E-state index is 14.2. The van der Waals surface area contributed by atoms with Crippen molar-refractivity contribution < 1.29 is 9.18 Å². The Hall–Kier alpha value is -2.31. The van der Waals surface area contributed by atoms with Crippen LogP contribution in [0, 0.1) is 11.7 Å². The topological polar surface area (TPSA) is 60.0 Å². The van der Waals surface area contributed by atoms with Crippen LogP contribution in [-0.4, -0.2) is 56.5 Å². The Kier molecular flexibility index (Phi) is 7.34. The van der Waals surface area contributed by atoms with Crippen molar-refractivity contribution in [3.63, 3.8) is 0 Å². The minimum atomic E-state index is -0.238. The van der Waals surface area contributed by atoms with Gasteiger partial charge in [-0.15, -0.1) is 0 Å². The molecule has 29 heavy (non-hydrogen) atoms. The van der Waals surface area contributed by atoms with Gasteiger partial charge in [-0.3, -0.25) is 4.79 Å². The zero-order valence-corrected chi connectivity index (χ0v) is 17.9. The lowest BCUT2D eigenvalue weighted by Crippen LogP contribution is -2.45. The minimum Gasteiger partial charge on any atom is -0.375 e. The monoisotopic (exact) mass is 403 g/mol. The van der Waals surface area contributed by atoms with Gasteiger partial charge in [0, 0.05) is 45.7 Å². The molecule has 7 heteroatoms. The second kappa shape index (κ2) is 9.94. The van der Waals surface area contributed by atoms with E-state index in [2.05, 4.69) is 15.6 Å². The zero-order chi connectivity index (χ0) is 20.8. The molecule has 1 amide bonds. The molecular weight excluding hydrogens is 369 g/mol. The fraction of sp³-hybridized carbons (Fsp3) is 0.636. The van der Waals surface area contributed by atoms with E-state index < -0.39 is 0 Å². The predicted molar refractivity (Wildman–Crippen MR) is 116 cm³/mol. The average molecular weight is 404 g/mol. The number of carbonyl (C=O) groups is 1. The van der Waals surface area contributed by atoms with Crippen molar-refractivity contribution in [3.8, 4) is 0 Å². The lowest BCUT2D eigenvalue weighted by atomic mass is 10.1. The third-order valence-corrected chi connectivity index (χ3v) is 5.80. The van der Waals surface area contributed by atoms with Crippen LogP contribution in [0.15, 0.2) is 23.2 Å². The van der Waals surface area contributed by atoms with Crippen LogP contribution in [0.25, 0.3) is 0 Å². The molecule has 2 N–H and O–H groups in total. The van der Waals surface area contributed by atoms with Gasteiger partial charge in [0.05, 0.1) is 12.2 Å². The number of carbonyl (C=O) groups excluding carboxylic acids is 1. The van der Waals surface area contributed by atoms with Gasteiger partial charge in [-0.05, 0) is 43.9 Å². The van der Waals surface area contributed by atoms with E-state index in [1.165, 1.54) is 12.8 Å². The minimum absolute atomic E-state index is 0.200. The Morgan fingerprint density at radius 3 is 2.69 bits per heavy atom. The van der Waals surface area contributed by atoms with E-state index in [9.17, 15) is 9.18 Å². The Balaban J connectivity index is 1.57. The smallest absolute Gasteiger partial charge is 0.225 e. The summed E-state index contributed by atoms with van der Waals surface area (Å²) < 4.78 is 14.2. The quantitative estimate of drug-likeness (QED) is 0.566. The number of rotatable bonds is 6. The number of hydrogen-bond acceptors (Lipinski definition) is 3. The molecule has 1 saturated heterocycles. The standard InChI is InChI=1S/C22H34FN5O/c1-4-24-22(25-14-16-9-10-20(27(2)3)19(23)13-16)26-18-11-12-28(15-18)21(29)17-7-5-6-8-17/h9-10,13,17-18H,4-8,11-12,14-15H2,1-3H3,(H2,24,25,26). The predicted octanol–water partition coefficient (Wildman–Crippen LogP) is 2.74. The summed E-state index contributed by atoms with van der Waals surface area (Å²) in [6.45, 7) is 4.71.